The summed E-state index contributed by atoms with van der Waals surface area (Å²) < 4.78 is 2.57. The van der Waals surface area contributed by atoms with Crippen LogP contribution in [0.1, 0.15) is 48.9 Å². The van der Waals surface area contributed by atoms with Crippen molar-refractivity contribution in [1.29, 1.82) is 0 Å². The van der Waals surface area contributed by atoms with Crippen LogP contribution in [0.25, 0.3) is 77.0 Å². The normalized spacial score (nSPS) is 16.2. The summed E-state index contributed by atoms with van der Waals surface area (Å²) >= 11 is 0. The molecule has 2 aliphatic heterocycles. The van der Waals surface area contributed by atoms with Crippen LogP contribution in [-0.4, -0.2) is 4.57 Å². The fourth-order valence-electron chi connectivity index (χ4n) is 10.4. The molecule has 256 valence electrons. The maximum atomic E-state index is 2.57. The third kappa shape index (κ3) is 3.90. The molecule has 0 bridgehead atoms. The highest BCUT2D eigenvalue weighted by molar-refractivity contribution is 6.23. The van der Waals surface area contributed by atoms with Crippen molar-refractivity contribution < 1.29 is 0 Å². The van der Waals surface area contributed by atoms with Gasteiger partial charge in [0, 0.05) is 49.8 Å². The molecule has 54 heavy (non-hydrogen) atoms. The number of anilines is 2. The molecule has 3 heterocycles. The topological polar surface area (TPSA) is 8.17 Å². The van der Waals surface area contributed by atoms with Gasteiger partial charge in [-0.05, 0) is 99.5 Å². The molecule has 0 fully saturated rings. The Balaban J connectivity index is 1.23. The van der Waals surface area contributed by atoms with E-state index in [1.807, 2.05) is 0 Å². The molecule has 0 saturated carbocycles. The first-order valence-corrected chi connectivity index (χ1v) is 19.4. The summed E-state index contributed by atoms with van der Waals surface area (Å²) in [7, 11) is 0. The average Bonchev–Trinajstić information content (AvgIpc) is 3.53. The first kappa shape index (κ1) is 30.1. The minimum Gasteiger partial charge on any atom is -0.309 e. The van der Waals surface area contributed by atoms with Gasteiger partial charge in [-0.25, -0.2) is 0 Å². The number of nitrogens with zero attached hydrogens (tertiary/aromatic N) is 2. The molecule has 1 aromatic heterocycles. The standard InChI is InChI=1S/C52H38N2/c1-52(2)42-21-9-7-20-38(42)50-48-34(17-13-22-43(48)52)30-40-37-19-8-12-24-45(37)53(51(40)50)35-27-29-47-41(31-35)49-36-18-6-3-14-32(36)26-28-39(49)46-25-11-5-16-33-15-4-10-23-44(33)54(46)47/h3-4,6-10,12-15,17-31H,5,11,16H2,1-2H3/b46-25+. The van der Waals surface area contributed by atoms with E-state index in [0.29, 0.717) is 0 Å². The van der Waals surface area contributed by atoms with E-state index in [0.717, 1.165) is 19.3 Å². The number of rotatable bonds is 1. The van der Waals surface area contributed by atoms with Gasteiger partial charge in [-0.3, -0.25) is 0 Å². The molecule has 1 aliphatic carbocycles. The van der Waals surface area contributed by atoms with E-state index in [2.05, 4.69) is 181 Å². The van der Waals surface area contributed by atoms with Crippen molar-refractivity contribution in [3.63, 3.8) is 0 Å². The fourth-order valence-corrected chi connectivity index (χ4v) is 10.4. The molecule has 8 aromatic carbocycles. The van der Waals surface area contributed by atoms with Gasteiger partial charge < -0.3 is 9.47 Å². The number of aromatic nitrogens is 1. The van der Waals surface area contributed by atoms with Crippen molar-refractivity contribution in [2.45, 2.75) is 38.5 Å². The quantitative estimate of drug-likeness (QED) is 0.166. The van der Waals surface area contributed by atoms with Crippen molar-refractivity contribution in [3.8, 4) is 27.9 Å². The van der Waals surface area contributed by atoms with Crippen LogP contribution in [0, 0.1) is 0 Å². The highest BCUT2D eigenvalue weighted by Crippen LogP contribution is 2.55. The van der Waals surface area contributed by atoms with Gasteiger partial charge in [0.25, 0.3) is 0 Å². The molecule has 0 atom stereocenters. The van der Waals surface area contributed by atoms with E-state index in [1.54, 1.807) is 0 Å². The Morgan fingerprint density at radius 1 is 0.537 bits per heavy atom. The number of para-hydroxylation sites is 2. The minimum absolute atomic E-state index is 0.113. The molecular weight excluding hydrogens is 653 g/mol. The van der Waals surface area contributed by atoms with Gasteiger partial charge in [0.1, 0.15) is 0 Å². The second kappa shape index (κ2) is 10.8. The van der Waals surface area contributed by atoms with Crippen LogP contribution in [0.4, 0.5) is 11.4 Å². The second-order valence-electron chi connectivity index (χ2n) is 15.9. The van der Waals surface area contributed by atoms with Gasteiger partial charge in [0.2, 0.25) is 0 Å². The van der Waals surface area contributed by atoms with E-state index in [4.69, 9.17) is 0 Å². The Morgan fingerprint density at radius 2 is 1.31 bits per heavy atom. The van der Waals surface area contributed by atoms with E-state index in [-0.39, 0.29) is 5.41 Å². The van der Waals surface area contributed by atoms with Crippen LogP contribution in [0.5, 0.6) is 0 Å². The largest absolute Gasteiger partial charge is 0.309 e. The van der Waals surface area contributed by atoms with E-state index < -0.39 is 0 Å². The number of aryl methyl sites for hydroxylation is 1. The van der Waals surface area contributed by atoms with Crippen molar-refractivity contribution in [3.05, 3.63) is 180 Å². The molecule has 0 spiro atoms. The van der Waals surface area contributed by atoms with Gasteiger partial charge >= 0.3 is 0 Å². The number of fused-ring (bicyclic) bond motifs is 16. The van der Waals surface area contributed by atoms with Gasteiger partial charge in [0.05, 0.1) is 22.4 Å². The highest BCUT2D eigenvalue weighted by atomic mass is 15.2. The molecule has 2 heteroatoms. The SMILES string of the molecule is CC1(C)c2ccccc2-c2c3c1cccc3cc1c3ccccc3n(-c3ccc4c(c3)-c3c(ccc5ccccc35)/C3=C\CCCc5ccccc5N34)c21. The average molecular weight is 691 g/mol. The zero-order chi connectivity index (χ0) is 35.7. The first-order chi connectivity index (χ1) is 26.6. The molecule has 0 amide bonds. The summed E-state index contributed by atoms with van der Waals surface area (Å²) in [6.07, 6.45) is 5.76. The summed E-state index contributed by atoms with van der Waals surface area (Å²) in [4.78, 5) is 2.55. The summed E-state index contributed by atoms with van der Waals surface area (Å²) in [6.45, 7) is 4.78. The number of allylic oxidation sites excluding steroid dienone is 1. The molecule has 0 saturated heterocycles. The predicted octanol–water partition coefficient (Wildman–Crippen LogP) is 13.9. The van der Waals surface area contributed by atoms with Gasteiger partial charge in [0.15, 0.2) is 0 Å². The van der Waals surface area contributed by atoms with Gasteiger partial charge in [-0.1, -0.05) is 135 Å². The summed E-state index contributed by atoms with van der Waals surface area (Å²) in [5.74, 6) is 0. The Bertz CT molecular complexity index is 3120. The van der Waals surface area contributed by atoms with Crippen molar-refractivity contribution in [2.24, 2.45) is 0 Å². The Labute approximate surface area is 315 Å². The summed E-state index contributed by atoms with van der Waals surface area (Å²) in [5.41, 5.74) is 18.2. The number of hydrogen-bond acceptors (Lipinski definition) is 1. The van der Waals surface area contributed by atoms with Crippen molar-refractivity contribution in [1.82, 2.24) is 4.57 Å². The Kier molecular flexibility index (Phi) is 6.04. The predicted molar refractivity (Wildman–Crippen MR) is 228 cm³/mol. The maximum absolute atomic E-state index is 2.57. The van der Waals surface area contributed by atoms with Crippen LogP contribution in [0.3, 0.4) is 0 Å². The Hall–Kier alpha value is -6.38. The van der Waals surface area contributed by atoms with Crippen LogP contribution in [0.2, 0.25) is 0 Å². The van der Waals surface area contributed by atoms with Crippen LogP contribution in [-0.2, 0) is 11.8 Å². The summed E-state index contributed by atoms with van der Waals surface area (Å²) in [5, 5.41) is 7.83. The molecule has 9 aromatic rings. The number of benzene rings is 8. The smallest absolute Gasteiger partial charge is 0.0626 e. The zero-order valence-electron chi connectivity index (χ0n) is 30.5. The van der Waals surface area contributed by atoms with Crippen LogP contribution in [0.15, 0.2) is 158 Å². The lowest BCUT2D eigenvalue weighted by molar-refractivity contribution is 0.645. The van der Waals surface area contributed by atoms with Crippen LogP contribution < -0.4 is 4.90 Å². The van der Waals surface area contributed by atoms with E-state index in [1.165, 1.54) is 111 Å². The monoisotopic (exact) mass is 690 g/mol. The highest BCUT2D eigenvalue weighted by Gasteiger charge is 2.36. The molecule has 12 rings (SSSR count). The molecule has 0 unspecified atom stereocenters. The van der Waals surface area contributed by atoms with Crippen molar-refractivity contribution >= 4 is 60.4 Å². The lowest BCUT2D eigenvalue weighted by atomic mass is 9.68. The molecule has 0 N–H and O–H groups in total. The number of hydrogen-bond donors (Lipinski definition) is 0. The lowest BCUT2D eigenvalue weighted by Gasteiger charge is -2.38. The molecule has 3 aliphatic rings. The molecule has 0 radical (unpaired) electrons. The fraction of sp³-hybridized carbons (Fsp3) is 0.115. The van der Waals surface area contributed by atoms with E-state index in [9.17, 15) is 0 Å². The summed E-state index contributed by atoms with van der Waals surface area (Å²) in [6, 6.07) is 57.4. The third-order valence-corrected chi connectivity index (χ3v) is 12.8. The van der Waals surface area contributed by atoms with E-state index >= 15 is 0 Å². The van der Waals surface area contributed by atoms with Gasteiger partial charge in [-0.2, -0.15) is 0 Å². The van der Waals surface area contributed by atoms with Gasteiger partial charge in [-0.15, -0.1) is 0 Å². The van der Waals surface area contributed by atoms with Crippen LogP contribution >= 0.6 is 0 Å². The van der Waals surface area contributed by atoms with Crippen molar-refractivity contribution in [2.75, 3.05) is 4.90 Å². The molecule has 2 nitrogen and oxygen atoms in total. The second-order valence-corrected chi connectivity index (χ2v) is 15.9. The third-order valence-electron chi connectivity index (χ3n) is 12.8. The Morgan fingerprint density at radius 3 is 2.26 bits per heavy atom. The molecular formula is C52H38N2. The zero-order valence-corrected chi connectivity index (χ0v) is 30.5. The lowest BCUT2D eigenvalue weighted by Crippen LogP contribution is -2.24. The minimum atomic E-state index is -0.113. The maximum Gasteiger partial charge on any atom is 0.0626 e. The first-order valence-electron chi connectivity index (χ1n) is 19.4.